The van der Waals surface area contributed by atoms with Gasteiger partial charge in [0.2, 0.25) is 0 Å². The third-order valence-electron chi connectivity index (χ3n) is 3.76. The number of nitrogens with zero attached hydrogens (tertiary/aromatic N) is 2. The van der Waals surface area contributed by atoms with E-state index in [1.807, 2.05) is 44.1 Å². The highest BCUT2D eigenvalue weighted by Gasteiger charge is 2.28. The first kappa shape index (κ1) is 18.3. The molecule has 0 saturated carbocycles. The van der Waals surface area contributed by atoms with E-state index in [0.29, 0.717) is 0 Å². The number of methoxy groups -OCH3 is 2. The lowest BCUT2D eigenvalue weighted by molar-refractivity contribution is -0.139. The SMILES string of the molecule is COC(=O)C1=C(C(=O)OC)N(c2cc(C)ccc2N(C)C)C=CC=C1. The van der Waals surface area contributed by atoms with Crippen LogP contribution in [0.25, 0.3) is 0 Å². The second kappa shape index (κ2) is 7.70. The second-order valence-electron chi connectivity index (χ2n) is 5.70. The quantitative estimate of drug-likeness (QED) is 0.784. The lowest BCUT2D eigenvalue weighted by Crippen LogP contribution is -2.28. The molecule has 132 valence electrons. The van der Waals surface area contributed by atoms with Crippen LogP contribution in [0.5, 0.6) is 0 Å². The number of esters is 2. The van der Waals surface area contributed by atoms with E-state index >= 15 is 0 Å². The zero-order valence-electron chi connectivity index (χ0n) is 15.1. The molecule has 0 unspecified atom stereocenters. The van der Waals surface area contributed by atoms with Crippen molar-refractivity contribution >= 4 is 23.3 Å². The molecule has 1 aliphatic rings. The summed E-state index contributed by atoms with van der Waals surface area (Å²) in [5.74, 6) is -1.23. The first-order chi connectivity index (χ1) is 11.9. The number of anilines is 2. The number of benzene rings is 1. The van der Waals surface area contributed by atoms with Crippen LogP contribution < -0.4 is 9.80 Å². The molecule has 0 bridgehead atoms. The molecular weight excluding hydrogens is 320 g/mol. The van der Waals surface area contributed by atoms with E-state index in [0.717, 1.165) is 16.9 Å². The topological polar surface area (TPSA) is 59.1 Å². The van der Waals surface area contributed by atoms with E-state index in [2.05, 4.69) is 0 Å². The Kier molecular flexibility index (Phi) is 5.64. The summed E-state index contributed by atoms with van der Waals surface area (Å²) in [5, 5.41) is 0. The molecule has 0 aromatic heterocycles. The van der Waals surface area contributed by atoms with E-state index in [1.165, 1.54) is 14.2 Å². The van der Waals surface area contributed by atoms with Crippen molar-refractivity contribution in [1.29, 1.82) is 0 Å². The highest BCUT2D eigenvalue weighted by Crippen LogP contribution is 2.34. The Bertz CT molecular complexity index is 776. The predicted molar refractivity (Wildman–Crippen MR) is 97.3 cm³/mol. The van der Waals surface area contributed by atoms with Crippen LogP contribution in [0.4, 0.5) is 11.4 Å². The van der Waals surface area contributed by atoms with E-state index < -0.39 is 11.9 Å². The Hall–Kier alpha value is -3.02. The van der Waals surface area contributed by atoms with Crippen molar-refractivity contribution < 1.29 is 19.1 Å². The second-order valence-corrected chi connectivity index (χ2v) is 5.70. The zero-order chi connectivity index (χ0) is 18.6. The molecule has 0 saturated heterocycles. The number of allylic oxidation sites excluding steroid dienone is 2. The zero-order valence-corrected chi connectivity index (χ0v) is 15.1. The number of ether oxygens (including phenoxy) is 2. The number of hydrogen-bond acceptors (Lipinski definition) is 6. The first-order valence-electron chi connectivity index (χ1n) is 7.73. The Morgan fingerprint density at radius 1 is 1.04 bits per heavy atom. The number of hydrogen-bond donors (Lipinski definition) is 0. The molecule has 6 nitrogen and oxygen atoms in total. The van der Waals surface area contributed by atoms with Crippen molar-refractivity contribution in [3.8, 4) is 0 Å². The highest BCUT2D eigenvalue weighted by molar-refractivity contribution is 6.06. The summed E-state index contributed by atoms with van der Waals surface area (Å²) in [6.45, 7) is 1.96. The standard InChI is InChI=1S/C19H22N2O4/c1-13-9-10-15(20(2)3)16(12-13)21-11-7-6-8-14(18(22)24-4)17(21)19(23)25-5/h6-12H,1-5H3. The van der Waals surface area contributed by atoms with Gasteiger partial charge in [0, 0.05) is 20.3 Å². The van der Waals surface area contributed by atoms with Crippen LogP contribution in [0.2, 0.25) is 0 Å². The molecule has 0 N–H and O–H groups in total. The molecule has 0 fully saturated rings. The van der Waals surface area contributed by atoms with Gasteiger partial charge in [-0.1, -0.05) is 12.1 Å². The van der Waals surface area contributed by atoms with Crippen molar-refractivity contribution in [3.05, 3.63) is 59.5 Å². The average Bonchev–Trinajstić information content (AvgIpc) is 2.82. The molecule has 0 aliphatic carbocycles. The molecule has 1 aliphatic heterocycles. The van der Waals surface area contributed by atoms with Crippen LogP contribution in [-0.2, 0) is 19.1 Å². The van der Waals surface area contributed by atoms with Crippen LogP contribution in [0.15, 0.2) is 53.9 Å². The van der Waals surface area contributed by atoms with Crippen LogP contribution in [0.3, 0.4) is 0 Å². The summed E-state index contributed by atoms with van der Waals surface area (Å²) >= 11 is 0. The lowest BCUT2D eigenvalue weighted by Gasteiger charge is -2.28. The van der Waals surface area contributed by atoms with E-state index in [9.17, 15) is 9.59 Å². The van der Waals surface area contributed by atoms with Crippen LogP contribution in [0.1, 0.15) is 5.56 Å². The van der Waals surface area contributed by atoms with Gasteiger partial charge in [-0.25, -0.2) is 9.59 Å². The fourth-order valence-corrected chi connectivity index (χ4v) is 2.56. The third kappa shape index (κ3) is 3.74. The van der Waals surface area contributed by atoms with Crippen molar-refractivity contribution in [3.63, 3.8) is 0 Å². The van der Waals surface area contributed by atoms with Crippen molar-refractivity contribution in [2.24, 2.45) is 0 Å². The summed E-state index contributed by atoms with van der Waals surface area (Å²) in [6, 6.07) is 5.90. The molecular formula is C19H22N2O4. The Balaban J connectivity index is 2.76. The van der Waals surface area contributed by atoms with Gasteiger partial charge in [-0.15, -0.1) is 0 Å². The number of aryl methyl sites for hydroxylation is 1. The third-order valence-corrected chi connectivity index (χ3v) is 3.76. The van der Waals surface area contributed by atoms with Crippen molar-refractivity contribution in [1.82, 2.24) is 0 Å². The Morgan fingerprint density at radius 2 is 1.72 bits per heavy atom. The summed E-state index contributed by atoms with van der Waals surface area (Å²) in [6.07, 6.45) is 6.70. The van der Waals surface area contributed by atoms with Gasteiger partial charge in [-0.2, -0.15) is 0 Å². The number of carbonyl (C=O) groups is 2. The molecule has 25 heavy (non-hydrogen) atoms. The van der Waals surface area contributed by atoms with Crippen LogP contribution in [0, 0.1) is 6.92 Å². The van der Waals surface area contributed by atoms with E-state index in [1.54, 1.807) is 29.3 Å². The summed E-state index contributed by atoms with van der Waals surface area (Å²) in [5.41, 5.74) is 2.91. The maximum absolute atomic E-state index is 12.5. The minimum absolute atomic E-state index is 0.105. The van der Waals surface area contributed by atoms with E-state index in [4.69, 9.17) is 9.47 Å². The minimum atomic E-state index is -0.622. The molecule has 0 atom stereocenters. The van der Waals surface area contributed by atoms with Gasteiger partial charge in [0.05, 0.1) is 31.2 Å². The minimum Gasteiger partial charge on any atom is -0.465 e. The molecule has 0 spiro atoms. The van der Waals surface area contributed by atoms with Gasteiger partial charge < -0.3 is 19.3 Å². The largest absolute Gasteiger partial charge is 0.465 e. The van der Waals surface area contributed by atoms with Crippen molar-refractivity contribution in [2.75, 3.05) is 38.1 Å². The predicted octanol–water partition coefficient (Wildman–Crippen LogP) is 2.55. The van der Waals surface area contributed by atoms with Crippen molar-refractivity contribution in [2.45, 2.75) is 6.92 Å². The number of rotatable bonds is 4. The van der Waals surface area contributed by atoms with Gasteiger partial charge in [-0.05, 0) is 36.8 Å². The van der Waals surface area contributed by atoms with Crippen LogP contribution >= 0.6 is 0 Å². The average molecular weight is 342 g/mol. The maximum atomic E-state index is 12.5. The van der Waals surface area contributed by atoms with Gasteiger partial charge >= 0.3 is 11.9 Å². The van der Waals surface area contributed by atoms with Crippen LogP contribution in [-0.4, -0.2) is 40.3 Å². The van der Waals surface area contributed by atoms with Gasteiger partial charge in [0.15, 0.2) is 0 Å². The monoisotopic (exact) mass is 342 g/mol. The lowest BCUT2D eigenvalue weighted by atomic mass is 10.1. The van der Waals surface area contributed by atoms with Gasteiger partial charge in [0.25, 0.3) is 0 Å². The fourth-order valence-electron chi connectivity index (χ4n) is 2.56. The van der Waals surface area contributed by atoms with E-state index in [-0.39, 0.29) is 11.3 Å². The molecule has 0 radical (unpaired) electrons. The highest BCUT2D eigenvalue weighted by atomic mass is 16.5. The molecule has 1 aromatic rings. The van der Waals surface area contributed by atoms with Gasteiger partial charge in [0.1, 0.15) is 5.70 Å². The number of carbonyl (C=O) groups excluding carboxylic acids is 2. The molecule has 2 rings (SSSR count). The molecule has 1 heterocycles. The molecule has 0 amide bonds. The normalized spacial score (nSPS) is 13.6. The fraction of sp³-hybridized carbons (Fsp3) is 0.263. The Morgan fingerprint density at radius 3 is 2.32 bits per heavy atom. The smallest absolute Gasteiger partial charge is 0.355 e. The Labute approximate surface area is 147 Å². The summed E-state index contributed by atoms with van der Waals surface area (Å²) in [4.78, 5) is 28.3. The molecule has 6 heteroatoms. The molecule has 1 aromatic carbocycles. The summed E-state index contributed by atoms with van der Waals surface area (Å²) in [7, 11) is 6.38. The van der Waals surface area contributed by atoms with Gasteiger partial charge in [-0.3, -0.25) is 0 Å². The summed E-state index contributed by atoms with van der Waals surface area (Å²) < 4.78 is 9.76. The first-order valence-corrected chi connectivity index (χ1v) is 7.73. The maximum Gasteiger partial charge on any atom is 0.355 e.